The summed E-state index contributed by atoms with van der Waals surface area (Å²) >= 11 is 0. The fourth-order valence-corrected chi connectivity index (χ4v) is 3.20. The number of nitrogens with two attached hydrogens (primary N) is 2. The number of nitrogens with zero attached hydrogens (tertiary/aromatic N) is 4. The van der Waals surface area contributed by atoms with Gasteiger partial charge in [-0.1, -0.05) is 0 Å². The molecule has 0 amide bonds. The molecule has 9 heteroatoms. The van der Waals surface area contributed by atoms with Gasteiger partial charge in [0.15, 0.2) is 17.7 Å². The first-order chi connectivity index (χ1) is 10.1. The Morgan fingerprint density at radius 2 is 2.19 bits per heavy atom. The highest BCUT2D eigenvalue weighted by Crippen LogP contribution is 2.57. The normalized spacial score (nSPS) is 38.4. The number of aliphatic hydroxyl groups is 2. The first kappa shape index (κ1) is 12.9. The standard InChI is InChI=1S/C12H16N6O3/c13-2-5-1-12(5)8(20)7(19)11(21-12)18-4-17-6-9(14)15-3-16-10(6)18/h3-5,7-8,11,19-20H,1-2,13H2,(H2,14,15,16)/t5-,7?,8+,11?,12+/m0/s1. The van der Waals surface area contributed by atoms with E-state index in [1.165, 1.54) is 12.7 Å². The predicted molar refractivity (Wildman–Crippen MR) is 71.8 cm³/mol. The molecule has 9 nitrogen and oxygen atoms in total. The van der Waals surface area contributed by atoms with Crippen LogP contribution in [-0.4, -0.2) is 54.1 Å². The number of nitrogen functional groups attached to an aromatic ring is 1. The molecule has 2 fully saturated rings. The van der Waals surface area contributed by atoms with Gasteiger partial charge in [-0.25, -0.2) is 15.0 Å². The van der Waals surface area contributed by atoms with E-state index in [1.54, 1.807) is 4.57 Å². The van der Waals surface area contributed by atoms with E-state index in [0.717, 1.165) is 0 Å². The van der Waals surface area contributed by atoms with Gasteiger partial charge in [-0.2, -0.15) is 0 Å². The molecular formula is C12H16N6O3. The molecule has 2 aromatic rings. The van der Waals surface area contributed by atoms with Gasteiger partial charge in [0.25, 0.3) is 0 Å². The van der Waals surface area contributed by atoms with Crippen LogP contribution >= 0.6 is 0 Å². The fourth-order valence-electron chi connectivity index (χ4n) is 3.20. The van der Waals surface area contributed by atoms with Crippen molar-refractivity contribution in [1.82, 2.24) is 19.5 Å². The van der Waals surface area contributed by atoms with Gasteiger partial charge in [-0.15, -0.1) is 0 Å². The molecule has 21 heavy (non-hydrogen) atoms. The van der Waals surface area contributed by atoms with Crippen molar-refractivity contribution >= 4 is 17.0 Å². The fraction of sp³-hybridized carbons (Fsp3) is 0.583. The molecule has 2 aromatic heterocycles. The lowest BCUT2D eigenvalue weighted by atomic mass is 10.1. The molecule has 1 saturated carbocycles. The van der Waals surface area contributed by atoms with Gasteiger partial charge in [-0.05, 0) is 13.0 Å². The van der Waals surface area contributed by atoms with Gasteiger partial charge < -0.3 is 26.4 Å². The number of imidazole rings is 1. The zero-order chi connectivity index (χ0) is 14.8. The average molecular weight is 292 g/mol. The first-order valence-electron chi connectivity index (χ1n) is 6.75. The third-order valence-electron chi connectivity index (χ3n) is 4.50. The van der Waals surface area contributed by atoms with Crippen molar-refractivity contribution in [2.45, 2.75) is 30.5 Å². The zero-order valence-electron chi connectivity index (χ0n) is 11.1. The van der Waals surface area contributed by atoms with E-state index in [0.29, 0.717) is 24.1 Å². The predicted octanol–water partition coefficient (Wildman–Crippen LogP) is -1.62. The van der Waals surface area contributed by atoms with Crippen molar-refractivity contribution in [3.05, 3.63) is 12.7 Å². The van der Waals surface area contributed by atoms with Crippen LogP contribution in [0, 0.1) is 5.92 Å². The van der Waals surface area contributed by atoms with Crippen LogP contribution in [0.25, 0.3) is 11.2 Å². The smallest absolute Gasteiger partial charge is 0.167 e. The average Bonchev–Trinajstić information content (AvgIpc) is 2.94. The molecule has 6 N–H and O–H groups in total. The molecular weight excluding hydrogens is 276 g/mol. The molecule has 3 heterocycles. The minimum absolute atomic E-state index is 0.0571. The van der Waals surface area contributed by atoms with Gasteiger partial charge >= 0.3 is 0 Å². The number of aliphatic hydroxyl groups excluding tert-OH is 2. The third-order valence-corrected chi connectivity index (χ3v) is 4.50. The van der Waals surface area contributed by atoms with E-state index in [9.17, 15) is 10.2 Å². The second kappa shape index (κ2) is 4.10. The van der Waals surface area contributed by atoms with Crippen LogP contribution in [0.2, 0.25) is 0 Å². The second-order valence-corrected chi connectivity index (χ2v) is 5.62. The van der Waals surface area contributed by atoms with E-state index in [-0.39, 0.29) is 11.7 Å². The van der Waals surface area contributed by atoms with E-state index in [1.807, 2.05) is 0 Å². The molecule has 0 bridgehead atoms. The van der Waals surface area contributed by atoms with Gasteiger partial charge in [0, 0.05) is 5.92 Å². The highest BCUT2D eigenvalue weighted by molar-refractivity contribution is 5.81. The topological polar surface area (TPSA) is 145 Å². The van der Waals surface area contributed by atoms with Crippen LogP contribution in [-0.2, 0) is 4.74 Å². The van der Waals surface area contributed by atoms with Crippen molar-refractivity contribution in [3.63, 3.8) is 0 Å². The van der Waals surface area contributed by atoms with Crippen molar-refractivity contribution in [2.75, 3.05) is 12.3 Å². The van der Waals surface area contributed by atoms with Gasteiger partial charge in [0.05, 0.1) is 6.33 Å². The quantitative estimate of drug-likeness (QED) is 0.516. The Balaban J connectivity index is 1.75. The molecule has 5 atom stereocenters. The van der Waals surface area contributed by atoms with Crippen LogP contribution in [0.4, 0.5) is 5.82 Å². The van der Waals surface area contributed by atoms with Crippen molar-refractivity contribution < 1.29 is 14.9 Å². The van der Waals surface area contributed by atoms with Gasteiger partial charge in [-0.3, -0.25) is 4.57 Å². The van der Waals surface area contributed by atoms with Crippen LogP contribution < -0.4 is 11.5 Å². The summed E-state index contributed by atoms with van der Waals surface area (Å²) in [6, 6.07) is 0. The lowest BCUT2D eigenvalue weighted by Crippen LogP contribution is -2.34. The number of ether oxygens (including phenoxy) is 1. The summed E-state index contributed by atoms with van der Waals surface area (Å²) in [4.78, 5) is 12.1. The second-order valence-electron chi connectivity index (χ2n) is 5.62. The summed E-state index contributed by atoms with van der Waals surface area (Å²) in [5, 5.41) is 20.6. The van der Waals surface area contributed by atoms with E-state index in [2.05, 4.69) is 15.0 Å². The van der Waals surface area contributed by atoms with E-state index >= 15 is 0 Å². The minimum Gasteiger partial charge on any atom is -0.387 e. The summed E-state index contributed by atoms with van der Waals surface area (Å²) in [6.45, 7) is 0.413. The van der Waals surface area contributed by atoms with Crippen LogP contribution in [0.1, 0.15) is 12.6 Å². The molecule has 2 aliphatic rings. The van der Waals surface area contributed by atoms with Crippen molar-refractivity contribution in [1.29, 1.82) is 0 Å². The van der Waals surface area contributed by atoms with Gasteiger partial charge in [0.2, 0.25) is 0 Å². The lowest BCUT2D eigenvalue weighted by molar-refractivity contribution is -0.0526. The summed E-state index contributed by atoms with van der Waals surface area (Å²) < 4.78 is 7.49. The Morgan fingerprint density at radius 3 is 2.90 bits per heavy atom. The molecule has 112 valence electrons. The first-order valence-corrected chi connectivity index (χ1v) is 6.75. The third kappa shape index (κ3) is 1.57. The minimum atomic E-state index is -1.07. The maximum Gasteiger partial charge on any atom is 0.167 e. The van der Waals surface area contributed by atoms with Crippen LogP contribution in [0.3, 0.4) is 0 Å². The number of fused-ring (bicyclic) bond motifs is 1. The number of hydrogen-bond donors (Lipinski definition) is 4. The summed E-state index contributed by atoms with van der Waals surface area (Å²) in [7, 11) is 0. The maximum atomic E-state index is 10.3. The zero-order valence-corrected chi connectivity index (χ0v) is 11.1. The van der Waals surface area contributed by atoms with Crippen LogP contribution in [0.15, 0.2) is 12.7 Å². The highest BCUT2D eigenvalue weighted by Gasteiger charge is 2.68. The number of rotatable bonds is 2. The Bertz CT molecular complexity index is 705. The van der Waals surface area contributed by atoms with E-state index in [4.69, 9.17) is 16.2 Å². The molecule has 2 unspecified atom stereocenters. The molecule has 4 rings (SSSR count). The summed E-state index contributed by atoms with van der Waals surface area (Å²) in [5.74, 6) is 0.314. The number of anilines is 1. The Hall–Kier alpha value is -1.81. The molecule has 1 spiro atoms. The Labute approximate surface area is 119 Å². The summed E-state index contributed by atoms with van der Waals surface area (Å²) in [5.41, 5.74) is 11.5. The Kier molecular flexibility index (Phi) is 2.52. The molecule has 0 radical (unpaired) electrons. The molecule has 1 aliphatic heterocycles. The number of hydrogen-bond acceptors (Lipinski definition) is 8. The molecule has 0 aromatic carbocycles. The number of aromatic nitrogens is 4. The Morgan fingerprint density at radius 1 is 1.38 bits per heavy atom. The van der Waals surface area contributed by atoms with Gasteiger partial charge in [0.1, 0.15) is 29.7 Å². The SMILES string of the molecule is NC[C@@H]1C[C@@]12OC(n1cnc3c(N)ncnc31)C(O)[C@H]2O. The van der Waals surface area contributed by atoms with Crippen LogP contribution in [0.5, 0.6) is 0 Å². The summed E-state index contributed by atoms with van der Waals surface area (Å²) in [6.07, 6.45) is 0.624. The molecule has 1 saturated heterocycles. The lowest BCUT2D eigenvalue weighted by Gasteiger charge is -2.16. The van der Waals surface area contributed by atoms with Crippen molar-refractivity contribution in [2.24, 2.45) is 11.7 Å². The van der Waals surface area contributed by atoms with Crippen molar-refractivity contribution in [3.8, 4) is 0 Å². The van der Waals surface area contributed by atoms with E-state index < -0.39 is 24.0 Å². The highest BCUT2D eigenvalue weighted by atomic mass is 16.6. The largest absolute Gasteiger partial charge is 0.387 e. The monoisotopic (exact) mass is 292 g/mol. The molecule has 1 aliphatic carbocycles. The maximum absolute atomic E-state index is 10.3.